The van der Waals surface area contributed by atoms with E-state index in [9.17, 15) is 9.59 Å². The Morgan fingerprint density at radius 1 is 0.975 bits per heavy atom. The number of anilines is 1. The number of nitrogens with one attached hydrogen (secondary N) is 1. The van der Waals surface area contributed by atoms with Gasteiger partial charge in [0.15, 0.2) is 11.7 Å². The van der Waals surface area contributed by atoms with E-state index in [1.807, 2.05) is 53.9 Å². The van der Waals surface area contributed by atoms with Crippen molar-refractivity contribution in [3.05, 3.63) is 88.9 Å². The molecule has 2 heterocycles. The second-order valence-corrected chi connectivity index (χ2v) is 12.3. The van der Waals surface area contributed by atoms with Gasteiger partial charge in [-0.2, -0.15) is 0 Å². The number of aryl methyl sites for hydroxylation is 1. The Kier molecular flexibility index (Phi) is 6.84. The maximum Gasteiger partial charge on any atom is 0.339 e. The quantitative estimate of drug-likeness (QED) is 0.230. The van der Waals surface area contributed by atoms with E-state index >= 15 is 0 Å². The number of hydrogen-bond donors (Lipinski definition) is 1. The summed E-state index contributed by atoms with van der Waals surface area (Å²) in [7, 11) is 0. The number of pyridine rings is 1. The fourth-order valence-electron chi connectivity index (χ4n) is 5.62. The molecule has 0 saturated carbocycles. The van der Waals surface area contributed by atoms with Gasteiger partial charge in [-0.05, 0) is 53.0 Å². The summed E-state index contributed by atoms with van der Waals surface area (Å²) in [6.07, 6.45) is 2.63. The van der Waals surface area contributed by atoms with Crippen LogP contribution in [-0.2, 0) is 22.4 Å². The smallest absolute Gasteiger partial charge is 0.339 e. The zero-order valence-corrected chi connectivity index (χ0v) is 23.7. The van der Waals surface area contributed by atoms with Crippen molar-refractivity contribution in [3.63, 3.8) is 0 Å². The van der Waals surface area contributed by atoms with Gasteiger partial charge in [-0.15, -0.1) is 11.3 Å². The van der Waals surface area contributed by atoms with E-state index < -0.39 is 18.5 Å². The maximum absolute atomic E-state index is 13.5. The first-order chi connectivity index (χ1) is 19.3. The van der Waals surface area contributed by atoms with E-state index in [0.717, 1.165) is 63.5 Å². The van der Waals surface area contributed by atoms with Crippen molar-refractivity contribution in [2.45, 2.75) is 40.0 Å². The number of benzene rings is 3. The Morgan fingerprint density at radius 3 is 2.55 bits per heavy atom. The highest BCUT2D eigenvalue weighted by Gasteiger charge is 2.33. The van der Waals surface area contributed by atoms with Crippen LogP contribution in [0, 0.1) is 11.3 Å². The number of thiazole rings is 1. The third-order valence-electron chi connectivity index (χ3n) is 7.84. The SMILES string of the molecule is CC(C)(C)C1CCc2nc3ccccc3c(C(=O)OCC(=O)Nc3nc(-c4cccc5ccccc45)cs3)c2C1. The van der Waals surface area contributed by atoms with Crippen LogP contribution in [0.2, 0.25) is 0 Å². The predicted molar refractivity (Wildman–Crippen MR) is 161 cm³/mol. The molecule has 6 nitrogen and oxygen atoms in total. The Balaban J connectivity index is 1.19. The van der Waals surface area contributed by atoms with Gasteiger partial charge in [0.2, 0.25) is 0 Å². The number of rotatable bonds is 5. The fourth-order valence-corrected chi connectivity index (χ4v) is 6.35. The summed E-state index contributed by atoms with van der Waals surface area (Å²) >= 11 is 1.34. The molecule has 2 aromatic heterocycles. The van der Waals surface area contributed by atoms with Gasteiger partial charge in [0.1, 0.15) is 0 Å². The Labute approximate surface area is 237 Å². The van der Waals surface area contributed by atoms with Gasteiger partial charge >= 0.3 is 5.97 Å². The van der Waals surface area contributed by atoms with Crippen LogP contribution in [0.4, 0.5) is 5.13 Å². The van der Waals surface area contributed by atoms with Gasteiger partial charge in [0, 0.05) is 22.0 Å². The molecule has 0 radical (unpaired) electrons. The molecule has 202 valence electrons. The van der Waals surface area contributed by atoms with Crippen molar-refractivity contribution in [1.82, 2.24) is 9.97 Å². The Bertz CT molecular complexity index is 1750. The van der Waals surface area contributed by atoms with Crippen molar-refractivity contribution in [3.8, 4) is 11.3 Å². The minimum absolute atomic E-state index is 0.114. The van der Waals surface area contributed by atoms with E-state index in [1.165, 1.54) is 11.3 Å². The molecule has 3 aromatic carbocycles. The second kappa shape index (κ2) is 10.5. The van der Waals surface area contributed by atoms with Gasteiger partial charge < -0.3 is 4.74 Å². The lowest BCUT2D eigenvalue weighted by Crippen LogP contribution is -2.29. The number of carbonyl (C=O) groups excluding carboxylic acids is 2. The number of nitrogens with zero attached hydrogens (tertiary/aromatic N) is 2. The molecule has 0 saturated heterocycles. The molecule has 1 N–H and O–H groups in total. The summed E-state index contributed by atoms with van der Waals surface area (Å²) in [6, 6.07) is 21.9. The molecule has 1 aliphatic carbocycles. The van der Waals surface area contributed by atoms with E-state index in [-0.39, 0.29) is 5.41 Å². The normalized spacial score (nSPS) is 15.1. The molecule has 1 amide bonds. The van der Waals surface area contributed by atoms with Crippen LogP contribution in [0.1, 0.15) is 48.8 Å². The molecule has 5 aromatic rings. The van der Waals surface area contributed by atoms with Crippen LogP contribution >= 0.6 is 11.3 Å². The van der Waals surface area contributed by atoms with E-state index in [0.29, 0.717) is 16.6 Å². The van der Waals surface area contributed by atoms with Gasteiger partial charge in [-0.3, -0.25) is 15.1 Å². The highest BCUT2D eigenvalue weighted by Crippen LogP contribution is 2.39. The third kappa shape index (κ3) is 5.09. The summed E-state index contributed by atoms with van der Waals surface area (Å²) in [5, 5.41) is 8.17. The zero-order valence-electron chi connectivity index (χ0n) is 22.9. The molecule has 40 heavy (non-hydrogen) atoms. The number of amides is 1. The monoisotopic (exact) mass is 549 g/mol. The van der Waals surface area contributed by atoms with Gasteiger partial charge in [-0.1, -0.05) is 81.4 Å². The first-order valence-corrected chi connectivity index (χ1v) is 14.5. The lowest BCUT2D eigenvalue weighted by molar-refractivity contribution is -0.119. The second-order valence-electron chi connectivity index (χ2n) is 11.4. The molecule has 1 unspecified atom stereocenters. The van der Waals surface area contributed by atoms with E-state index in [4.69, 9.17) is 9.72 Å². The van der Waals surface area contributed by atoms with E-state index in [1.54, 1.807) is 0 Å². The molecule has 1 atom stereocenters. The van der Waals surface area contributed by atoms with Crippen LogP contribution in [0.25, 0.3) is 32.9 Å². The standard InChI is InChI=1S/C33H31N3O3S/c1-33(2,3)21-15-16-27-25(17-21)30(24-12-6-7-14-26(24)34-27)31(38)39-18-29(37)36-32-35-28(19-40-32)23-13-8-10-20-9-4-5-11-22(20)23/h4-14,19,21H,15-18H2,1-3H3,(H,35,36,37). The Hall–Kier alpha value is -4.10. The van der Waals surface area contributed by atoms with Gasteiger partial charge in [-0.25, -0.2) is 9.78 Å². The molecule has 7 heteroatoms. The van der Waals surface area contributed by atoms with Crippen LogP contribution in [0.5, 0.6) is 0 Å². The molecule has 0 fully saturated rings. The summed E-state index contributed by atoms with van der Waals surface area (Å²) < 4.78 is 5.60. The maximum atomic E-state index is 13.5. The average Bonchev–Trinajstić information content (AvgIpc) is 3.41. The van der Waals surface area contributed by atoms with Crippen molar-refractivity contribution in [2.75, 3.05) is 11.9 Å². The van der Waals surface area contributed by atoms with E-state index in [2.05, 4.69) is 49.3 Å². The first kappa shape index (κ1) is 26.1. The molecule has 0 spiro atoms. The predicted octanol–water partition coefficient (Wildman–Crippen LogP) is 7.46. The number of para-hydroxylation sites is 1. The van der Waals surface area contributed by atoms with Crippen molar-refractivity contribution >= 4 is 50.0 Å². The number of ether oxygens (including phenoxy) is 1. The van der Waals surface area contributed by atoms with Crippen LogP contribution in [-0.4, -0.2) is 28.5 Å². The molecule has 1 aliphatic rings. The molecular formula is C33H31N3O3S. The van der Waals surface area contributed by atoms with Gasteiger partial charge in [0.05, 0.1) is 16.8 Å². The average molecular weight is 550 g/mol. The van der Waals surface area contributed by atoms with Crippen molar-refractivity contribution in [1.29, 1.82) is 0 Å². The zero-order chi connectivity index (χ0) is 27.9. The summed E-state index contributed by atoms with van der Waals surface area (Å²) in [4.78, 5) is 35.8. The first-order valence-electron chi connectivity index (χ1n) is 13.6. The minimum Gasteiger partial charge on any atom is -0.452 e. The van der Waals surface area contributed by atoms with Crippen LogP contribution in [0.15, 0.2) is 72.1 Å². The fraction of sp³-hybridized carbons (Fsp3) is 0.273. The number of esters is 1. The largest absolute Gasteiger partial charge is 0.452 e. The minimum atomic E-state index is -0.491. The van der Waals surface area contributed by atoms with Crippen LogP contribution in [0.3, 0.4) is 0 Å². The van der Waals surface area contributed by atoms with Crippen molar-refractivity contribution in [2.24, 2.45) is 11.3 Å². The lowest BCUT2D eigenvalue weighted by Gasteiger charge is -2.35. The highest BCUT2D eigenvalue weighted by atomic mass is 32.1. The molecule has 6 rings (SSSR count). The molecular weight excluding hydrogens is 518 g/mol. The molecule has 0 aliphatic heterocycles. The Morgan fingerprint density at radius 2 is 1.73 bits per heavy atom. The number of hydrogen-bond acceptors (Lipinski definition) is 6. The van der Waals surface area contributed by atoms with Gasteiger partial charge in [0.25, 0.3) is 5.91 Å². The third-order valence-corrected chi connectivity index (χ3v) is 8.60. The summed E-state index contributed by atoms with van der Waals surface area (Å²) in [5.41, 5.74) is 5.13. The highest BCUT2D eigenvalue weighted by molar-refractivity contribution is 7.14. The lowest BCUT2D eigenvalue weighted by atomic mass is 9.70. The topological polar surface area (TPSA) is 81.2 Å². The summed E-state index contributed by atoms with van der Waals surface area (Å²) in [5.74, 6) is -0.485. The number of fused-ring (bicyclic) bond motifs is 3. The van der Waals surface area contributed by atoms with Crippen LogP contribution < -0.4 is 5.32 Å². The van der Waals surface area contributed by atoms with Crippen molar-refractivity contribution < 1.29 is 14.3 Å². The number of carbonyl (C=O) groups is 2. The summed E-state index contributed by atoms with van der Waals surface area (Å²) in [6.45, 7) is 6.33. The number of aromatic nitrogens is 2. The molecule has 0 bridgehead atoms.